The van der Waals surface area contributed by atoms with Crippen LogP contribution in [-0.4, -0.2) is 46.8 Å². The number of aromatic nitrogens is 2. The molecule has 1 saturated heterocycles. The zero-order valence-corrected chi connectivity index (χ0v) is 14.1. The van der Waals surface area contributed by atoms with Crippen molar-refractivity contribution in [3.05, 3.63) is 53.3 Å². The van der Waals surface area contributed by atoms with Gasteiger partial charge < -0.3 is 10.2 Å². The molecule has 0 radical (unpaired) electrons. The molecule has 1 atom stereocenters. The summed E-state index contributed by atoms with van der Waals surface area (Å²) in [5.74, 6) is 0.0234. The molecule has 2 aromatic rings. The first-order chi connectivity index (χ1) is 11.7. The van der Waals surface area contributed by atoms with Crippen LogP contribution in [0.2, 0.25) is 0 Å². The number of rotatable bonds is 3. The van der Waals surface area contributed by atoms with E-state index in [2.05, 4.69) is 34.7 Å². The molecule has 1 aliphatic carbocycles. The highest BCUT2D eigenvalue weighted by Gasteiger charge is 2.29. The Morgan fingerprint density at radius 2 is 2.00 bits per heavy atom. The minimum atomic E-state index is 0.0234. The molecule has 1 fully saturated rings. The highest BCUT2D eigenvalue weighted by atomic mass is 16.2. The summed E-state index contributed by atoms with van der Waals surface area (Å²) in [6, 6.07) is 10.9. The van der Waals surface area contributed by atoms with E-state index in [1.165, 1.54) is 11.1 Å². The summed E-state index contributed by atoms with van der Waals surface area (Å²) >= 11 is 0. The molecular formula is C19H24N4O. The van der Waals surface area contributed by atoms with Crippen LogP contribution in [-0.2, 0) is 12.8 Å². The molecule has 24 heavy (non-hydrogen) atoms. The van der Waals surface area contributed by atoms with Gasteiger partial charge in [-0.2, -0.15) is 5.10 Å². The molecule has 4 rings (SSSR count). The predicted octanol–water partition coefficient (Wildman–Crippen LogP) is 2.05. The van der Waals surface area contributed by atoms with Gasteiger partial charge >= 0.3 is 0 Å². The number of nitrogens with zero attached hydrogens (tertiary/aromatic N) is 3. The van der Waals surface area contributed by atoms with Gasteiger partial charge in [0, 0.05) is 25.8 Å². The minimum absolute atomic E-state index is 0.0234. The summed E-state index contributed by atoms with van der Waals surface area (Å²) < 4.78 is 1.95. The summed E-state index contributed by atoms with van der Waals surface area (Å²) in [5.41, 5.74) is 3.28. The van der Waals surface area contributed by atoms with Crippen LogP contribution in [0, 0.1) is 0 Å². The summed E-state index contributed by atoms with van der Waals surface area (Å²) in [6.07, 6.45) is 6.10. The normalized spacial score (nSPS) is 20.8. The lowest BCUT2D eigenvalue weighted by Crippen LogP contribution is -2.38. The van der Waals surface area contributed by atoms with Crippen molar-refractivity contribution in [3.8, 4) is 0 Å². The van der Waals surface area contributed by atoms with Gasteiger partial charge in [0.2, 0.25) is 0 Å². The van der Waals surface area contributed by atoms with Crippen molar-refractivity contribution in [2.45, 2.75) is 37.8 Å². The molecule has 5 nitrogen and oxygen atoms in total. The molecule has 1 amide bonds. The Bertz CT molecular complexity index is 707. The molecule has 1 aliphatic heterocycles. The number of likely N-dealkylation sites (N-methyl/N-ethyl adjacent to an activating group) is 1. The zero-order chi connectivity index (χ0) is 16.5. The number of benzene rings is 1. The molecule has 1 aromatic heterocycles. The monoisotopic (exact) mass is 324 g/mol. The highest BCUT2D eigenvalue weighted by Crippen LogP contribution is 2.25. The summed E-state index contributed by atoms with van der Waals surface area (Å²) in [7, 11) is 1.90. The number of piperidine rings is 1. The van der Waals surface area contributed by atoms with Crippen LogP contribution in [0.15, 0.2) is 36.5 Å². The van der Waals surface area contributed by atoms with Gasteiger partial charge in [0.15, 0.2) is 0 Å². The van der Waals surface area contributed by atoms with Crippen molar-refractivity contribution >= 4 is 5.91 Å². The number of fused-ring (bicyclic) bond motifs is 1. The number of amides is 1. The maximum Gasteiger partial charge on any atom is 0.274 e. The van der Waals surface area contributed by atoms with Crippen molar-refractivity contribution in [2.24, 2.45) is 0 Å². The lowest BCUT2D eigenvalue weighted by atomic mass is 10.1. The van der Waals surface area contributed by atoms with E-state index >= 15 is 0 Å². The lowest BCUT2D eigenvalue weighted by molar-refractivity contribution is 0.0730. The third kappa shape index (κ3) is 2.84. The van der Waals surface area contributed by atoms with Crippen molar-refractivity contribution < 1.29 is 4.79 Å². The van der Waals surface area contributed by atoms with Gasteiger partial charge in [-0.05, 0) is 49.4 Å². The number of carbonyl (C=O) groups is 1. The maximum atomic E-state index is 12.8. The van der Waals surface area contributed by atoms with Crippen LogP contribution < -0.4 is 5.32 Å². The van der Waals surface area contributed by atoms with E-state index in [0.717, 1.165) is 38.8 Å². The third-order valence-electron chi connectivity index (χ3n) is 5.37. The van der Waals surface area contributed by atoms with Crippen LogP contribution >= 0.6 is 0 Å². The van der Waals surface area contributed by atoms with Gasteiger partial charge in [-0.1, -0.05) is 24.3 Å². The molecule has 1 unspecified atom stereocenters. The van der Waals surface area contributed by atoms with Crippen LogP contribution in [0.3, 0.4) is 0 Å². The second-order valence-electron chi connectivity index (χ2n) is 6.93. The van der Waals surface area contributed by atoms with Crippen molar-refractivity contribution in [2.75, 3.05) is 20.1 Å². The molecule has 5 heteroatoms. The van der Waals surface area contributed by atoms with E-state index in [0.29, 0.717) is 11.7 Å². The lowest BCUT2D eigenvalue weighted by Gasteiger charge is -2.24. The molecule has 1 aromatic carbocycles. The van der Waals surface area contributed by atoms with Gasteiger partial charge in [0.25, 0.3) is 5.91 Å². The molecule has 0 saturated carbocycles. The smallest absolute Gasteiger partial charge is 0.274 e. The number of nitrogens with one attached hydrogen (secondary N) is 1. The average Bonchev–Trinajstić information content (AvgIpc) is 3.28. The van der Waals surface area contributed by atoms with Crippen molar-refractivity contribution in [3.63, 3.8) is 0 Å². The summed E-state index contributed by atoms with van der Waals surface area (Å²) in [6.45, 7) is 2.01. The van der Waals surface area contributed by atoms with Crippen LogP contribution in [0.5, 0.6) is 0 Å². The van der Waals surface area contributed by atoms with E-state index in [4.69, 9.17) is 0 Å². The topological polar surface area (TPSA) is 50.2 Å². The maximum absolute atomic E-state index is 12.8. The van der Waals surface area contributed by atoms with Gasteiger partial charge in [-0.3, -0.25) is 9.48 Å². The number of hydrogen-bond donors (Lipinski definition) is 1. The van der Waals surface area contributed by atoms with E-state index in [1.807, 2.05) is 28.9 Å². The van der Waals surface area contributed by atoms with E-state index < -0.39 is 0 Å². The molecular weight excluding hydrogens is 300 g/mol. The Labute approximate surface area is 142 Å². The molecule has 0 spiro atoms. The largest absolute Gasteiger partial charge is 0.337 e. The van der Waals surface area contributed by atoms with Gasteiger partial charge in [-0.15, -0.1) is 0 Å². The fourth-order valence-corrected chi connectivity index (χ4v) is 3.87. The van der Waals surface area contributed by atoms with Gasteiger partial charge in [0.05, 0.1) is 6.04 Å². The molecule has 0 bridgehead atoms. The Balaban J connectivity index is 1.45. The predicted molar refractivity (Wildman–Crippen MR) is 93.1 cm³/mol. The fraction of sp³-hybridized carbons (Fsp3) is 0.474. The summed E-state index contributed by atoms with van der Waals surface area (Å²) in [5, 5.41) is 7.95. The first-order valence-electron chi connectivity index (χ1n) is 8.82. The fourth-order valence-electron chi connectivity index (χ4n) is 3.87. The quantitative estimate of drug-likeness (QED) is 0.940. The van der Waals surface area contributed by atoms with Crippen LogP contribution in [0.25, 0.3) is 0 Å². The summed E-state index contributed by atoms with van der Waals surface area (Å²) in [4.78, 5) is 14.7. The minimum Gasteiger partial charge on any atom is -0.337 e. The number of hydrogen-bond acceptors (Lipinski definition) is 3. The molecule has 2 aliphatic rings. The molecule has 2 heterocycles. The Kier molecular flexibility index (Phi) is 4.10. The molecule has 126 valence electrons. The van der Waals surface area contributed by atoms with E-state index in [-0.39, 0.29) is 11.9 Å². The Morgan fingerprint density at radius 1 is 1.25 bits per heavy atom. The SMILES string of the molecule is CN(C(=O)c1ccn(C2CCCNC2)n1)C1Cc2ccccc2C1. The third-order valence-corrected chi connectivity index (χ3v) is 5.37. The Hall–Kier alpha value is -2.14. The Morgan fingerprint density at radius 3 is 2.67 bits per heavy atom. The first kappa shape index (κ1) is 15.4. The van der Waals surface area contributed by atoms with E-state index in [9.17, 15) is 4.79 Å². The van der Waals surface area contributed by atoms with Crippen molar-refractivity contribution in [1.82, 2.24) is 20.0 Å². The van der Waals surface area contributed by atoms with E-state index in [1.54, 1.807) is 0 Å². The first-order valence-corrected chi connectivity index (χ1v) is 8.82. The average molecular weight is 324 g/mol. The highest BCUT2D eigenvalue weighted by molar-refractivity contribution is 5.92. The second kappa shape index (κ2) is 6.40. The van der Waals surface area contributed by atoms with Crippen LogP contribution in [0.1, 0.15) is 40.5 Å². The van der Waals surface area contributed by atoms with Gasteiger partial charge in [-0.25, -0.2) is 0 Å². The zero-order valence-electron chi connectivity index (χ0n) is 14.1. The second-order valence-corrected chi connectivity index (χ2v) is 6.93. The van der Waals surface area contributed by atoms with Crippen molar-refractivity contribution in [1.29, 1.82) is 0 Å². The standard InChI is InChI=1S/C19H24N4O/c1-22(17-11-14-5-2-3-6-15(14)12-17)19(24)18-8-10-23(21-18)16-7-4-9-20-13-16/h2-3,5-6,8,10,16-17,20H,4,7,9,11-13H2,1H3. The van der Waals surface area contributed by atoms with Crippen LogP contribution in [0.4, 0.5) is 0 Å². The molecule has 1 N–H and O–H groups in total. The number of carbonyl (C=O) groups excluding carboxylic acids is 1. The van der Waals surface area contributed by atoms with Gasteiger partial charge in [0.1, 0.15) is 5.69 Å².